The van der Waals surface area contributed by atoms with Crippen LogP contribution < -0.4 is 0 Å². The van der Waals surface area contributed by atoms with Crippen LogP contribution in [0.25, 0.3) is 38.6 Å². The molecule has 0 amide bonds. The minimum Gasteiger partial charge on any atom is -0.507 e. The van der Waals surface area contributed by atoms with Crippen molar-refractivity contribution in [2.75, 3.05) is 0 Å². The quantitative estimate of drug-likeness (QED) is 0.179. The third-order valence-electron chi connectivity index (χ3n) is 8.10. The SMILES string of the molecule is CCCCCCCCC(C)(C)c1cc(-c2cc(F)ccc2O)c(O)c(-n2c3ccccc3c3ccccc32)c1. The van der Waals surface area contributed by atoms with E-state index in [1.54, 1.807) is 0 Å². The average Bonchev–Trinajstić information content (AvgIpc) is 3.26. The summed E-state index contributed by atoms with van der Waals surface area (Å²) in [6.07, 6.45) is 8.34. The molecule has 1 heterocycles. The minimum atomic E-state index is -0.461. The Hall–Kier alpha value is -3.79. The predicted octanol–water partition coefficient (Wildman–Crippen LogP) is 10.0. The molecule has 0 bridgehead atoms. The molecule has 5 rings (SSSR count). The van der Waals surface area contributed by atoms with Crippen LogP contribution >= 0.6 is 0 Å². The van der Waals surface area contributed by atoms with Crippen LogP contribution in [0.2, 0.25) is 0 Å². The molecule has 0 fully saturated rings. The van der Waals surface area contributed by atoms with Crippen LogP contribution in [0.15, 0.2) is 78.9 Å². The first-order valence-electron chi connectivity index (χ1n) is 14.2. The van der Waals surface area contributed by atoms with Crippen molar-refractivity contribution in [1.29, 1.82) is 0 Å². The zero-order chi connectivity index (χ0) is 27.6. The Labute approximate surface area is 230 Å². The van der Waals surface area contributed by atoms with E-state index in [-0.39, 0.29) is 22.5 Å². The van der Waals surface area contributed by atoms with Crippen LogP contribution in [-0.2, 0) is 5.41 Å². The Morgan fingerprint density at radius 2 is 1.33 bits per heavy atom. The van der Waals surface area contributed by atoms with Crippen molar-refractivity contribution in [3.05, 3.63) is 90.2 Å². The molecular formula is C35H38FNO2. The molecule has 0 spiro atoms. The highest BCUT2D eigenvalue weighted by Crippen LogP contribution is 2.45. The highest BCUT2D eigenvalue weighted by molar-refractivity contribution is 6.09. The van der Waals surface area contributed by atoms with Crippen molar-refractivity contribution in [1.82, 2.24) is 4.57 Å². The molecule has 0 saturated carbocycles. The van der Waals surface area contributed by atoms with Gasteiger partial charge in [-0.3, -0.25) is 0 Å². The maximum atomic E-state index is 14.4. The van der Waals surface area contributed by atoms with Gasteiger partial charge in [-0.1, -0.05) is 95.7 Å². The normalized spacial score (nSPS) is 12.0. The summed E-state index contributed by atoms with van der Waals surface area (Å²) in [5.74, 6) is -0.510. The lowest BCUT2D eigenvalue weighted by molar-refractivity contribution is 0.439. The molecule has 5 aromatic rings. The summed E-state index contributed by atoms with van der Waals surface area (Å²) < 4.78 is 16.5. The number of nitrogens with zero attached hydrogens (tertiary/aromatic N) is 1. The van der Waals surface area contributed by atoms with Crippen molar-refractivity contribution in [2.45, 2.75) is 71.1 Å². The maximum Gasteiger partial charge on any atom is 0.147 e. The molecule has 3 nitrogen and oxygen atoms in total. The third-order valence-corrected chi connectivity index (χ3v) is 8.10. The van der Waals surface area contributed by atoms with E-state index in [2.05, 4.69) is 55.7 Å². The number of phenols is 2. The molecular weight excluding hydrogens is 485 g/mol. The van der Waals surface area contributed by atoms with Crippen molar-refractivity contribution in [3.8, 4) is 28.3 Å². The molecule has 39 heavy (non-hydrogen) atoms. The van der Waals surface area contributed by atoms with Crippen LogP contribution in [0, 0.1) is 5.82 Å². The Bertz CT molecular complexity index is 1560. The van der Waals surface area contributed by atoms with E-state index >= 15 is 0 Å². The fourth-order valence-electron chi connectivity index (χ4n) is 5.78. The number of aromatic hydroxyl groups is 2. The van der Waals surface area contributed by atoms with Gasteiger partial charge in [0.25, 0.3) is 0 Å². The molecule has 0 aliphatic rings. The van der Waals surface area contributed by atoms with E-state index in [1.807, 2.05) is 30.3 Å². The van der Waals surface area contributed by atoms with E-state index < -0.39 is 5.82 Å². The number of fused-ring (bicyclic) bond motifs is 3. The number of halogens is 1. The first-order valence-corrected chi connectivity index (χ1v) is 14.2. The molecule has 0 aliphatic heterocycles. The lowest BCUT2D eigenvalue weighted by atomic mass is 9.78. The van der Waals surface area contributed by atoms with Gasteiger partial charge in [-0.15, -0.1) is 0 Å². The summed E-state index contributed by atoms with van der Waals surface area (Å²) in [4.78, 5) is 0. The Balaban J connectivity index is 1.70. The van der Waals surface area contributed by atoms with Crippen LogP contribution in [0.3, 0.4) is 0 Å². The summed E-state index contributed by atoms with van der Waals surface area (Å²) in [7, 11) is 0. The van der Waals surface area contributed by atoms with E-state index in [0.717, 1.165) is 40.2 Å². The topological polar surface area (TPSA) is 45.4 Å². The molecule has 4 aromatic carbocycles. The van der Waals surface area contributed by atoms with E-state index in [4.69, 9.17) is 0 Å². The van der Waals surface area contributed by atoms with Crippen molar-refractivity contribution >= 4 is 21.8 Å². The van der Waals surface area contributed by atoms with Gasteiger partial charge in [0.1, 0.15) is 17.3 Å². The van der Waals surface area contributed by atoms with Crippen LogP contribution in [-0.4, -0.2) is 14.8 Å². The molecule has 0 saturated heterocycles. The molecule has 4 heteroatoms. The largest absolute Gasteiger partial charge is 0.507 e. The predicted molar refractivity (Wildman–Crippen MR) is 161 cm³/mol. The molecule has 1 aromatic heterocycles. The standard InChI is InChI=1S/C35H38FNO2/c1-4-5-6-7-8-13-20-35(2,3)24-21-29(28-23-25(36)18-19-33(28)38)34(39)32(22-24)37-30-16-11-9-14-26(30)27-15-10-12-17-31(27)37/h9-12,14-19,21-23,38-39H,4-8,13,20H2,1-3H3. The van der Waals surface area contributed by atoms with Crippen LogP contribution in [0.4, 0.5) is 4.39 Å². The zero-order valence-corrected chi connectivity index (χ0v) is 23.2. The lowest BCUT2D eigenvalue weighted by Gasteiger charge is -2.28. The number of unbranched alkanes of at least 4 members (excludes halogenated alkanes) is 5. The number of para-hydroxylation sites is 2. The van der Waals surface area contributed by atoms with Gasteiger partial charge in [0.2, 0.25) is 0 Å². The Kier molecular flexibility index (Phi) is 7.65. The van der Waals surface area contributed by atoms with E-state index in [9.17, 15) is 14.6 Å². The molecule has 0 atom stereocenters. The molecule has 0 unspecified atom stereocenters. The number of hydrogen-bond acceptors (Lipinski definition) is 2. The van der Waals surface area contributed by atoms with Gasteiger partial charge in [-0.2, -0.15) is 0 Å². The fourth-order valence-corrected chi connectivity index (χ4v) is 5.78. The van der Waals surface area contributed by atoms with Gasteiger partial charge in [0, 0.05) is 21.9 Å². The second kappa shape index (κ2) is 11.1. The second-order valence-corrected chi connectivity index (χ2v) is 11.3. The summed E-state index contributed by atoms with van der Waals surface area (Å²) in [5.41, 5.74) is 4.15. The number of benzene rings is 4. The summed E-state index contributed by atoms with van der Waals surface area (Å²) in [5, 5.41) is 24.7. The highest BCUT2D eigenvalue weighted by atomic mass is 19.1. The average molecular weight is 524 g/mol. The van der Waals surface area contributed by atoms with Gasteiger partial charge in [0.15, 0.2) is 0 Å². The number of rotatable bonds is 10. The van der Waals surface area contributed by atoms with Crippen LogP contribution in [0.5, 0.6) is 11.5 Å². The summed E-state index contributed by atoms with van der Waals surface area (Å²) in [6.45, 7) is 6.70. The molecule has 2 N–H and O–H groups in total. The first-order chi connectivity index (χ1) is 18.8. The fraction of sp³-hybridized carbons (Fsp3) is 0.314. The zero-order valence-electron chi connectivity index (χ0n) is 23.2. The smallest absolute Gasteiger partial charge is 0.147 e. The van der Waals surface area contributed by atoms with Crippen LogP contribution in [0.1, 0.15) is 71.3 Å². The first kappa shape index (κ1) is 26.8. The van der Waals surface area contributed by atoms with Crippen molar-refractivity contribution in [3.63, 3.8) is 0 Å². The van der Waals surface area contributed by atoms with E-state index in [1.165, 1.54) is 50.3 Å². The van der Waals surface area contributed by atoms with Gasteiger partial charge in [-0.05, 0) is 59.9 Å². The maximum absolute atomic E-state index is 14.4. The monoisotopic (exact) mass is 523 g/mol. The van der Waals surface area contributed by atoms with Gasteiger partial charge >= 0.3 is 0 Å². The molecule has 0 aliphatic carbocycles. The van der Waals surface area contributed by atoms with Crippen molar-refractivity contribution < 1.29 is 14.6 Å². The summed E-state index contributed by atoms with van der Waals surface area (Å²) in [6, 6.07) is 24.2. The Morgan fingerprint density at radius 1 is 0.718 bits per heavy atom. The number of hydrogen-bond donors (Lipinski definition) is 2. The summed E-state index contributed by atoms with van der Waals surface area (Å²) >= 11 is 0. The van der Waals surface area contributed by atoms with E-state index in [0.29, 0.717) is 11.3 Å². The lowest BCUT2D eigenvalue weighted by Crippen LogP contribution is -2.18. The van der Waals surface area contributed by atoms with Crippen molar-refractivity contribution in [2.24, 2.45) is 0 Å². The minimum absolute atomic E-state index is 0.0153. The molecule has 0 radical (unpaired) electrons. The van der Waals surface area contributed by atoms with Gasteiger partial charge < -0.3 is 14.8 Å². The van der Waals surface area contributed by atoms with Gasteiger partial charge in [-0.25, -0.2) is 4.39 Å². The van der Waals surface area contributed by atoms with Gasteiger partial charge in [0.05, 0.1) is 16.7 Å². The third kappa shape index (κ3) is 5.25. The Morgan fingerprint density at radius 3 is 2.00 bits per heavy atom. The second-order valence-electron chi connectivity index (χ2n) is 11.3. The highest BCUT2D eigenvalue weighted by Gasteiger charge is 2.26. The molecule has 202 valence electrons. The number of aromatic nitrogens is 1. The number of phenolic OH excluding ortho intramolecular Hbond substituents is 2.